The summed E-state index contributed by atoms with van der Waals surface area (Å²) >= 11 is 1.25. The lowest BCUT2D eigenvalue weighted by molar-refractivity contribution is 0.0508. The molecule has 0 aliphatic rings. The highest BCUT2D eigenvalue weighted by atomic mass is 32.1. The highest BCUT2D eigenvalue weighted by Crippen LogP contribution is 2.37. The SMILES string of the molecule is CCCOC(=O)c1c(-c2ccc(OC)cc2)csc1NC(=O)c1cnccn1. The zero-order chi connectivity index (χ0) is 19.9. The summed E-state index contributed by atoms with van der Waals surface area (Å²) in [7, 11) is 1.59. The molecule has 28 heavy (non-hydrogen) atoms. The van der Waals surface area contributed by atoms with Gasteiger partial charge in [-0.1, -0.05) is 19.1 Å². The lowest BCUT2D eigenvalue weighted by atomic mass is 10.0. The van der Waals surface area contributed by atoms with Gasteiger partial charge in [0, 0.05) is 23.3 Å². The van der Waals surface area contributed by atoms with Crippen LogP contribution in [-0.2, 0) is 4.74 Å². The molecule has 1 aromatic carbocycles. The Bertz CT molecular complexity index is 955. The molecule has 7 nitrogen and oxygen atoms in total. The molecule has 2 heterocycles. The van der Waals surface area contributed by atoms with Crippen LogP contribution in [0.15, 0.2) is 48.2 Å². The number of nitrogens with zero attached hydrogens (tertiary/aromatic N) is 2. The maximum absolute atomic E-state index is 12.7. The monoisotopic (exact) mass is 397 g/mol. The third-order valence-corrected chi connectivity index (χ3v) is 4.75. The van der Waals surface area contributed by atoms with Crippen molar-refractivity contribution < 1.29 is 19.1 Å². The number of carbonyl (C=O) groups is 2. The van der Waals surface area contributed by atoms with Crippen molar-refractivity contribution in [2.24, 2.45) is 0 Å². The van der Waals surface area contributed by atoms with Crippen LogP contribution < -0.4 is 10.1 Å². The van der Waals surface area contributed by atoms with Crippen LogP contribution in [0.3, 0.4) is 0 Å². The second kappa shape index (κ2) is 9.09. The van der Waals surface area contributed by atoms with E-state index in [2.05, 4.69) is 15.3 Å². The first kappa shape index (κ1) is 19.5. The second-order valence-corrected chi connectivity index (χ2v) is 6.64. The number of hydrogen-bond acceptors (Lipinski definition) is 7. The quantitative estimate of drug-likeness (QED) is 0.605. The summed E-state index contributed by atoms with van der Waals surface area (Å²) in [6, 6.07) is 7.33. The van der Waals surface area contributed by atoms with Gasteiger partial charge in [0.2, 0.25) is 0 Å². The van der Waals surface area contributed by atoms with Crippen LogP contribution >= 0.6 is 11.3 Å². The van der Waals surface area contributed by atoms with Gasteiger partial charge >= 0.3 is 5.97 Å². The number of nitrogens with one attached hydrogen (secondary N) is 1. The Morgan fingerprint density at radius 2 is 1.96 bits per heavy atom. The van der Waals surface area contributed by atoms with E-state index in [1.165, 1.54) is 29.9 Å². The number of aromatic nitrogens is 2. The standard InChI is InChI=1S/C20H19N3O4S/c1-3-10-27-20(25)17-15(13-4-6-14(26-2)7-5-13)12-28-19(17)23-18(24)16-11-21-8-9-22-16/h4-9,11-12H,3,10H2,1-2H3,(H,23,24). The summed E-state index contributed by atoms with van der Waals surface area (Å²) in [4.78, 5) is 33.0. The molecule has 2 aromatic heterocycles. The third kappa shape index (κ3) is 4.34. The predicted octanol–water partition coefficient (Wildman–Crippen LogP) is 4.03. The average molecular weight is 397 g/mol. The van der Waals surface area contributed by atoms with Crippen molar-refractivity contribution in [3.8, 4) is 16.9 Å². The largest absolute Gasteiger partial charge is 0.497 e. The minimum absolute atomic E-state index is 0.162. The van der Waals surface area contributed by atoms with Gasteiger partial charge in [0.05, 0.1) is 19.9 Å². The van der Waals surface area contributed by atoms with E-state index >= 15 is 0 Å². The van der Waals surface area contributed by atoms with E-state index < -0.39 is 11.9 Å². The molecule has 144 valence electrons. The average Bonchev–Trinajstić information content (AvgIpc) is 3.16. The number of anilines is 1. The van der Waals surface area contributed by atoms with Gasteiger partial charge < -0.3 is 14.8 Å². The molecule has 0 unspecified atom stereocenters. The lowest BCUT2D eigenvalue weighted by Gasteiger charge is -2.09. The van der Waals surface area contributed by atoms with Crippen LogP contribution in [0.4, 0.5) is 5.00 Å². The molecule has 0 aliphatic heterocycles. The maximum atomic E-state index is 12.7. The van der Waals surface area contributed by atoms with E-state index in [1.807, 2.05) is 36.6 Å². The van der Waals surface area contributed by atoms with Crippen molar-refractivity contribution in [3.63, 3.8) is 0 Å². The highest BCUT2D eigenvalue weighted by Gasteiger charge is 2.23. The van der Waals surface area contributed by atoms with Crippen LogP contribution in [-0.4, -0.2) is 35.6 Å². The number of esters is 1. The summed E-state index contributed by atoms with van der Waals surface area (Å²) in [5, 5.41) is 4.97. The predicted molar refractivity (Wildman–Crippen MR) is 107 cm³/mol. The van der Waals surface area contributed by atoms with Gasteiger partial charge in [0.25, 0.3) is 5.91 Å². The molecular formula is C20H19N3O4S. The molecule has 0 radical (unpaired) electrons. The second-order valence-electron chi connectivity index (χ2n) is 5.76. The summed E-state index contributed by atoms with van der Waals surface area (Å²) in [6.45, 7) is 2.22. The molecule has 1 amide bonds. The first-order chi connectivity index (χ1) is 13.6. The van der Waals surface area contributed by atoms with Crippen molar-refractivity contribution in [1.82, 2.24) is 9.97 Å². The van der Waals surface area contributed by atoms with Crippen LogP contribution in [0.25, 0.3) is 11.1 Å². The van der Waals surface area contributed by atoms with E-state index in [4.69, 9.17) is 9.47 Å². The fraction of sp³-hybridized carbons (Fsp3) is 0.200. The molecule has 0 bridgehead atoms. The molecule has 3 aromatic rings. The van der Waals surface area contributed by atoms with E-state index in [0.717, 1.165) is 5.56 Å². The lowest BCUT2D eigenvalue weighted by Crippen LogP contribution is -2.16. The van der Waals surface area contributed by atoms with E-state index in [1.54, 1.807) is 7.11 Å². The van der Waals surface area contributed by atoms with Gasteiger partial charge in [-0.25, -0.2) is 9.78 Å². The number of hydrogen-bond donors (Lipinski definition) is 1. The Balaban J connectivity index is 1.96. The molecule has 0 fully saturated rings. The summed E-state index contributed by atoms with van der Waals surface area (Å²) in [5.41, 5.74) is 1.99. The Kier molecular flexibility index (Phi) is 6.33. The van der Waals surface area contributed by atoms with Crippen LogP contribution in [0.2, 0.25) is 0 Å². The first-order valence-corrected chi connectivity index (χ1v) is 9.52. The molecule has 0 spiro atoms. The van der Waals surface area contributed by atoms with Gasteiger partial charge in [0.15, 0.2) is 0 Å². The van der Waals surface area contributed by atoms with Gasteiger partial charge in [-0.15, -0.1) is 11.3 Å². The van der Waals surface area contributed by atoms with Gasteiger partial charge in [-0.2, -0.15) is 0 Å². The Morgan fingerprint density at radius 3 is 2.61 bits per heavy atom. The molecule has 1 N–H and O–H groups in total. The van der Waals surface area contributed by atoms with E-state index in [-0.39, 0.29) is 5.69 Å². The number of ether oxygens (including phenoxy) is 2. The van der Waals surface area contributed by atoms with Crippen LogP contribution in [0, 0.1) is 0 Å². The fourth-order valence-corrected chi connectivity index (χ4v) is 3.44. The number of thiophene rings is 1. The Labute approximate surface area is 166 Å². The van der Waals surface area contributed by atoms with Crippen LogP contribution in [0.1, 0.15) is 34.2 Å². The van der Waals surface area contributed by atoms with Gasteiger partial charge in [-0.3, -0.25) is 9.78 Å². The zero-order valence-electron chi connectivity index (χ0n) is 15.5. The zero-order valence-corrected chi connectivity index (χ0v) is 16.3. The normalized spacial score (nSPS) is 10.4. The number of amides is 1. The molecule has 3 rings (SSSR count). The van der Waals surface area contributed by atoms with Gasteiger partial charge in [-0.05, 0) is 24.1 Å². The highest BCUT2D eigenvalue weighted by molar-refractivity contribution is 7.15. The summed E-state index contributed by atoms with van der Waals surface area (Å²) in [6.07, 6.45) is 4.98. The van der Waals surface area contributed by atoms with Crippen molar-refractivity contribution in [2.75, 3.05) is 19.0 Å². The van der Waals surface area contributed by atoms with E-state index in [0.29, 0.717) is 34.9 Å². The summed E-state index contributed by atoms with van der Waals surface area (Å²) < 4.78 is 10.5. The third-order valence-electron chi connectivity index (χ3n) is 3.86. The topological polar surface area (TPSA) is 90.4 Å². The number of rotatable bonds is 7. The smallest absolute Gasteiger partial charge is 0.341 e. The van der Waals surface area contributed by atoms with Gasteiger partial charge in [0.1, 0.15) is 22.0 Å². The van der Waals surface area contributed by atoms with E-state index in [9.17, 15) is 9.59 Å². The molecule has 8 heteroatoms. The molecule has 0 saturated carbocycles. The number of benzene rings is 1. The summed E-state index contributed by atoms with van der Waals surface area (Å²) in [5.74, 6) is -0.214. The number of methoxy groups -OCH3 is 1. The van der Waals surface area contributed by atoms with Crippen molar-refractivity contribution in [3.05, 3.63) is 59.5 Å². The molecule has 0 saturated heterocycles. The van der Waals surface area contributed by atoms with Crippen molar-refractivity contribution in [2.45, 2.75) is 13.3 Å². The minimum Gasteiger partial charge on any atom is -0.497 e. The minimum atomic E-state index is -0.483. The van der Waals surface area contributed by atoms with Crippen molar-refractivity contribution in [1.29, 1.82) is 0 Å². The maximum Gasteiger partial charge on any atom is 0.341 e. The molecule has 0 atom stereocenters. The molecule has 0 aliphatic carbocycles. The van der Waals surface area contributed by atoms with Crippen molar-refractivity contribution >= 4 is 28.2 Å². The fourth-order valence-electron chi connectivity index (χ4n) is 2.49. The number of carbonyl (C=O) groups excluding carboxylic acids is 2. The first-order valence-electron chi connectivity index (χ1n) is 8.64. The Hall–Kier alpha value is -3.26. The van der Waals surface area contributed by atoms with Crippen LogP contribution in [0.5, 0.6) is 5.75 Å². The Morgan fingerprint density at radius 1 is 1.18 bits per heavy atom. The molecular weight excluding hydrogens is 378 g/mol.